The smallest absolute Gasteiger partial charge is 0.226 e. The number of aliphatic hydroxyl groups is 1. The zero-order chi connectivity index (χ0) is 20.1. The van der Waals surface area contributed by atoms with Crippen molar-refractivity contribution in [3.8, 4) is 5.75 Å². The lowest BCUT2D eigenvalue weighted by Gasteiger charge is -2.27. The summed E-state index contributed by atoms with van der Waals surface area (Å²) < 4.78 is 5.88. The van der Waals surface area contributed by atoms with E-state index in [1.807, 2.05) is 48.2 Å². The van der Waals surface area contributed by atoms with Crippen molar-refractivity contribution in [2.75, 3.05) is 19.7 Å². The summed E-state index contributed by atoms with van der Waals surface area (Å²) in [7, 11) is 0. The third-order valence-corrected chi connectivity index (χ3v) is 5.74. The minimum Gasteiger partial charge on any atom is -0.491 e. The number of aryl methyl sites for hydroxylation is 2. The Hall–Kier alpha value is -2.04. The van der Waals surface area contributed by atoms with Gasteiger partial charge in [-0.25, -0.2) is 0 Å². The predicted octanol–water partition coefficient (Wildman–Crippen LogP) is 4.32. The maximum absolute atomic E-state index is 12.7. The molecule has 0 bridgehead atoms. The number of carbonyl (C=O) groups is 1. The molecule has 0 aliphatic carbocycles. The molecule has 1 N–H and O–H groups in total. The lowest BCUT2D eigenvalue weighted by atomic mass is 9.96. The van der Waals surface area contributed by atoms with E-state index >= 15 is 0 Å². The van der Waals surface area contributed by atoms with Crippen LogP contribution in [0.3, 0.4) is 0 Å². The van der Waals surface area contributed by atoms with Gasteiger partial charge in [-0.05, 0) is 74.1 Å². The normalized spacial score (nSPS) is 19.9. The molecule has 1 amide bonds. The first-order chi connectivity index (χ1) is 13.3. The zero-order valence-corrected chi connectivity index (χ0v) is 17.3. The van der Waals surface area contributed by atoms with Gasteiger partial charge in [0.1, 0.15) is 18.0 Å². The van der Waals surface area contributed by atoms with E-state index in [1.165, 1.54) is 11.1 Å². The highest BCUT2D eigenvalue weighted by molar-refractivity contribution is 6.30. The van der Waals surface area contributed by atoms with E-state index in [9.17, 15) is 9.90 Å². The zero-order valence-electron chi connectivity index (χ0n) is 16.6. The molecule has 28 heavy (non-hydrogen) atoms. The summed E-state index contributed by atoms with van der Waals surface area (Å²) in [5.74, 6) is 0.844. The molecule has 1 saturated heterocycles. The van der Waals surface area contributed by atoms with Crippen molar-refractivity contribution < 1.29 is 14.6 Å². The van der Waals surface area contributed by atoms with E-state index in [4.69, 9.17) is 16.3 Å². The van der Waals surface area contributed by atoms with Gasteiger partial charge in [0.25, 0.3) is 0 Å². The first-order valence-electron chi connectivity index (χ1n) is 9.79. The standard InChI is InChI=1S/C23H28ClNO3/c1-17-7-8-21(13-18(17)2)28-16-23(27)9-4-11-25(12-10-23)22(26)15-19-5-3-6-20(24)14-19/h3,5-8,13-14,27H,4,9-12,15-16H2,1-2H3. The molecule has 1 aliphatic rings. The quantitative estimate of drug-likeness (QED) is 0.811. The summed E-state index contributed by atoms with van der Waals surface area (Å²) in [5, 5.41) is 11.6. The van der Waals surface area contributed by atoms with E-state index in [0.717, 1.165) is 17.7 Å². The van der Waals surface area contributed by atoms with Gasteiger partial charge in [-0.1, -0.05) is 29.8 Å². The van der Waals surface area contributed by atoms with Crippen LogP contribution >= 0.6 is 11.6 Å². The molecular weight excluding hydrogens is 374 g/mol. The molecule has 2 aromatic rings. The number of carbonyl (C=O) groups excluding carboxylic acids is 1. The Kier molecular flexibility index (Phi) is 6.63. The lowest BCUT2D eigenvalue weighted by Crippen LogP contribution is -2.38. The van der Waals surface area contributed by atoms with Crippen LogP contribution in [-0.4, -0.2) is 41.2 Å². The number of benzene rings is 2. The summed E-state index contributed by atoms with van der Waals surface area (Å²) in [6, 6.07) is 13.4. The van der Waals surface area contributed by atoms with Gasteiger partial charge in [-0.2, -0.15) is 0 Å². The van der Waals surface area contributed by atoms with E-state index in [-0.39, 0.29) is 12.5 Å². The van der Waals surface area contributed by atoms with Crippen molar-refractivity contribution >= 4 is 17.5 Å². The Morgan fingerprint density at radius 1 is 1.14 bits per heavy atom. The Labute approximate surface area is 172 Å². The maximum atomic E-state index is 12.7. The highest BCUT2D eigenvalue weighted by Gasteiger charge is 2.32. The van der Waals surface area contributed by atoms with Crippen molar-refractivity contribution in [1.82, 2.24) is 4.90 Å². The molecule has 0 spiro atoms. The topological polar surface area (TPSA) is 49.8 Å². The summed E-state index contributed by atoms with van der Waals surface area (Å²) in [4.78, 5) is 14.5. The third-order valence-electron chi connectivity index (χ3n) is 5.50. The van der Waals surface area contributed by atoms with Crippen molar-refractivity contribution in [2.45, 2.75) is 45.1 Å². The lowest BCUT2D eigenvalue weighted by molar-refractivity contribution is -0.130. The molecule has 1 atom stereocenters. The summed E-state index contributed by atoms with van der Waals surface area (Å²) in [6.07, 6.45) is 2.23. The van der Waals surface area contributed by atoms with Gasteiger partial charge in [0.05, 0.1) is 6.42 Å². The van der Waals surface area contributed by atoms with Crippen molar-refractivity contribution in [3.63, 3.8) is 0 Å². The fourth-order valence-corrected chi connectivity index (χ4v) is 3.74. The minimum atomic E-state index is -0.913. The number of halogens is 1. The Balaban J connectivity index is 1.55. The van der Waals surface area contributed by atoms with Crippen LogP contribution in [-0.2, 0) is 11.2 Å². The first kappa shape index (κ1) is 20.7. The van der Waals surface area contributed by atoms with Crippen LogP contribution in [0.1, 0.15) is 36.0 Å². The fraction of sp³-hybridized carbons (Fsp3) is 0.435. The molecule has 1 unspecified atom stereocenters. The second-order valence-electron chi connectivity index (χ2n) is 7.80. The number of hydrogen-bond acceptors (Lipinski definition) is 3. The number of nitrogens with zero attached hydrogens (tertiary/aromatic N) is 1. The number of hydrogen-bond donors (Lipinski definition) is 1. The first-order valence-corrected chi connectivity index (χ1v) is 10.2. The monoisotopic (exact) mass is 401 g/mol. The van der Waals surface area contributed by atoms with Crippen LogP contribution in [0.25, 0.3) is 0 Å². The summed E-state index contributed by atoms with van der Waals surface area (Å²) in [5.41, 5.74) is 2.39. The van der Waals surface area contributed by atoms with Crippen LogP contribution in [0.2, 0.25) is 5.02 Å². The Morgan fingerprint density at radius 2 is 1.96 bits per heavy atom. The molecule has 0 aromatic heterocycles. The Morgan fingerprint density at radius 3 is 2.71 bits per heavy atom. The molecule has 5 heteroatoms. The van der Waals surface area contributed by atoms with E-state index in [2.05, 4.69) is 6.92 Å². The molecule has 150 valence electrons. The van der Waals surface area contributed by atoms with Gasteiger partial charge < -0.3 is 14.7 Å². The van der Waals surface area contributed by atoms with Gasteiger partial charge in [-0.15, -0.1) is 0 Å². The average molecular weight is 402 g/mol. The van der Waals surface area contributed by atoms with Gasteiger partial charge in [0, 0.05) is 18.1 Å². The largest absolute Gasteiger partial charge is 0.491 e. The number of rotatable bonds is 5. The number of likely N-dealkylation sites (tertiary alicyclic amines) is 1. The molecular formula is C23H28ClNO3. The number of amides is 1. The predicted molar refractivity (Wildman–Crippen MR) is 112 cm³/mol. The van der Waals surface area contributed by atoms with Crippen LogP contribution in [0.15, 0.2) is 42.5 Å². The van der Waals surface area contributed by atoms with Crippen molar-refractivity contribution in [2.24, 2.45) is 0 Å². The van der Waals surface area contributed by atoms with Crippen LogP contribution in [0, 0.1) is 13.8 Å². The molecule has 3 rings (SSSR count). The molecule has 1 heterocycles. The molecule has 1 fully saturated rings. The molecule has 0 radical (unpaired) electrons. The van der Waals surface area contributed by atoms with Gasteiger partial charge >= 0.3 is 0 Å². The van der Waals surface area contributed by atoms with Crippen LogP contribution in [0.5, 0.6) is 5.75 Å². The maximum Gasteiger partial charge on any atom is 0.226 e. The second-order valence-corrected chi connectivity index (χ2v) is 8.24. The van der Waals surface area contributed by atoms with Gasteiger partial charge in [-0.3, -0.25) is 4.79 Å². The number of ether oxygens (including phenoxy) is 1. The minimum absolute atomic E-state index is 0.0709. The van der Waals surface area contributed by atoms with E-state index in [0.29, 0.717) is 37.4 Å². The second kappa shape index (κ2) is 8.97. The van der Waals surface area contributed by atoms with Gasteiger partial charge in [0.15, 0.2) is 0 Å². The Bertz CT molecular complexity index is 838. The highest BCUT2D eigenvalue weighted by atomic mass is 35.5. The average Bonchev–Trinajstić information content (AvgIpc) is 2.85. The molecule has 1 aliphatic heterocycles. The molecule has 0 saturated carbocycles. The fourth-order valence-electron chi connectivity index (χ4n) is 3.53. The van der Waals surface area contributed by atoms with Crippen molar-refractivity contribution in [3.05, 3.63) is 64.2 Å². The van der Waals surface area contributed by atoms with Crippen LogP contribution in [0.4, 0.5) is 0 Å². The van der Waals surface area contributed by atoms with E-state index < -0.39 is 5.60 Å². The molecule has 4 nitrogen and oxygen atoms in total. The van der Waals surface area contributed by atoms with Gasteiger partial charge in [0.2, 0.25) is 5.91 Å². The van der Waals surface area contributed by atoms with Crippen LogP contribution < -0.4 is 4.74 Å². The van der Waals surface area contributed by atoms with E-state index in [1.54, 1.807) is 6.07 Å². The molecule has 2 aromatic carbocycles. The van der Waals surface area contributed by atoms with Crippen molar-refractivity contribution in [1.29, 1.82) is 0 Å². The summed E-state index contributed by atoms with van der Waals surface area (Å²) in [6.45, 7) is 5.54. The highest BCUT2D eigenvalue weighted by Crippen LogP contribution is 2.25. The third kappa shape index (κ3) is 5.49. The SMILES string of the molecule is Cc1ccc(OCC2(O)CCCN(C(=O)Cc3cccc(Cl)c3)CC2)cc1C. The summed E-state index contributed by atoms with van der Waals surface area (Å²) >= 11 is 6.01.